The van der Waals surface area contributed by atoms with Crippen molar-refractivity contribution in [2.45, 2.75) is 32.5 Å². The van der Waals surface area contributed by atoms with E-state index in [9.17, 15) is 18.7 Å². The maximum Gasteiger partial charge on any atom is 0.259 e. The van der Waals surface area contributed by atoms with Crippen LogP contribution in [-0.4, -0.2) is 64.7 Å². The number of aromatic nitrogens is 1. The van der Waals surface area contributed by atoms with Crippen molar-refractivity contribution in [3.05, 3.63) is 83.6 Å². The standard InChI is InChI=1S/C28H31F2N3O3/c1-18-14-33(19(2)17-34)28(35)25-12-22(21-7-5-9-24(30)11-21)13-31-27(25)36-26(18)16-32(3)15-20-6-4-8-23(29)10-20/h4-13,18-19,26,34H,14-17H2,1-3H3/t18-,19+,26-/m1/s1. The Morgan fingerprint density at radius 3 is 2.56 bits per heavy atom. The molecule has 2 heterocycles. The summed E-state index contributed by atoms with van der Waals surface area (Å²) in [6.07, 6.45) is 1.25. The number of aliphatic hydroxyl groups is 1. The molecule has 0 fully saturated rings. The number of hydrogen-bond acceptors (Lipinski definition) is 5. The SMILES string of the molecule is C[C@@H]1CN([C@@H](C)CO)C(=O)c2cc(-c3cccc(F)c3)cnc2O[C@@H]1CN(C)Cc1cccc(F)c1. The summed E-state index contributed by atoms with van der Waals surface area (Å²) in [6.45, 7) is 5.02. The molecule has 1 N–H and O–H groups in total. The van der Waals surface area contributed by atoms with Gasteiger partial charge in [0.1, 0.15) is 23.3 Å². The maximum absolute atomic E-state index is 13.8. The van der Waals surface area contributed by atoms with Crippen molar-refractivity contribution in [2.24, 2.45) is 5.92 Å². The van der Waals surface area contributed by atoms with Crippen LogP contribution in [0.15, 0.2) is 60.8 Å². The lowest BCUT2D eigenvalue weighted by atomic mass is 9.99. The normalized spacial score (nSPS) is 18.9. The zero-order chi connectivity index (χ0) is 25.8. The number of likely N-dealkylation sites (N-methyl/N-ethyl adjacent to an activating group) is 1. The molecule has 6 nitrogen and oxygen atoms in total. The summed E-state index contributed by atoms with van der Waals surface area (Å²) < 4.78 is 33.8. The molecule has 2 aromatic carbocycles. The number of ether oxygens (including phenoxy) is 1. The van der Waals surface area contributed by atoms with E-state index in [0.717, 1.165) is 5.56 Å². The Morgan fingerprint density at radius 1 is 1.14 bits per heavy atom. The van der Waals surface area contributed by atoms with E-state index in [1.54, 1.807) is 42.3 Å². The Hall–Kier alpha value is -3.36. The number of rotatable bonds is 7. The fourth-order valence-electron chi connectivity index (χ4n) is 4.46. The predicted octanol–water partition coefficient (Wildman–Crippen LogP) is 4.38. The molecule has 4 rings (SSSR count). The number of hydrogen-bond donors (Lipinski definition) is 1. The molecule has 0 bridgehead atoms. The highest BCUT2D eigenvalue weighted by Crippen LogP contribution is 2.30. The minimum absolute atomic E-state index is 0.0734. The summed E-state index contributed by atoms with van der Waals surface area (Å²) >= 11 is 0. The van der Waals surface area contributed by atoms with Gasteiger partial charge in [0, 0.05) is 37.3 Å². The summed E-state index contributed by atoms with van der Waals surface area (Å²) in [4.78, 5) is 21.7. The molecule has 0 radical (unpaired) electrons. The number of aliphatic hydroxyl groups excluding tert-OH is 1. The second kappa shape index (κ2) is 11.1. The first-order valence-corrected chi connectivity index (χ1v) is 12.0. The number of carbonyl (C=O) groups excluding carboxylic acids is 1. The van der Waals surface area contributed by atoms with Gasteiger partial charge in [0.25, 0.3) is 5.91 Å². The third-order valence-corrected chi connectivity index (χ3v) is 6.51. The Morgan fingerprint density at radius 2 is 1.86 bits per heavy atom. The van der Waals surface area contributed by atoms with E-state index in [1.807, 2.05) is 24.9 Å². The average Bonchev–Trinajstić information content (AvgIpc) is 2.85. The minimum Gasteiger partial charge on any atom is -0.472 e. The van der Waals surface area contributed by atoms with Crippen LogP contribution in [0.4, 0.5) is 8.78 Å². The van der Waals surface area contributed by atoms with Crippen molar-refractivity contribution in [1.82, 2.24) is 14.8 Å². The van der Waals surface area contributed by atoms with Crippen molar-refractivity contribution in [3.8, 4) is 17.0 Å². The lowest BCUT2D eigenvalue weighted by Gasteiger charge is -2.37. The van der Waals surface area contributed by atoms with Crippen LogP contribution in [0, 0.1) is 17.6 Å². The number of nitrogens with zero attached hydrogens (tertiary/aromatic N) is 3. The number of halogens is 2. The fraction of sp³-hybridized carbons (Fsp3) is 0.357. The van der Waals surface area contributed by atoms with Crippen molar-refractivity contribution in [3.63, 3.8) is 0 Å². The predicted molar refractivity (Wildman–Crippen MR) is 134 cm³/mol. The smallest absolute Gasteiger partial charge is 0.259 e. The van der Waals surface area contributed by atoms with Crippen LogP contribution in [0.25, 0.3) is 11.1 Å². The van der Waals surface area contributed by atoms with Crippen molar-refractivity contribution in [1.29, 1.82) is 0 Å². The summed E-state index contributed by atoms with van der Waals surface area (Å²) in [5.74, 6) is -0.833. The number of carbonyl (C=O) groups is 1. The van der Waals surface area contributed by atoms with E-state index < -0.39 is 6.04 Å². The van der Waals surface area contributed by atoms with Gasteiger partial charge in [-0.25, -0.2) is 13.8 Å². The molecular formula is C28H31F2N3O3. The molecule has 1 aromatic heterocycles. The Labute approximate surface area is 210 Å². The summed E-state index contributed by atoms with van der Waals surface area (Å²) in [5.41, 5.74) is 2.30. The molecule has 1 aliphatic rings. The monoisotopic (exact) mass is 495 g/mol. The molecule has 0 aliphatic carbocycles. The Balaban J connectivity index is 1.65. The molecule has 8 heteroatoms. The number of amides is 1. The quantitative estimate of drug-likeness (QED) is 0.527. The number of benzene rings is 2. The van der Waals surface area contributed by atoms with E-state index in [-0.39, 0.29) is 47.6 Å². The molecule has 0 spiro atoms. The first kappa shape index (κ1) is 25.7. The zero-order valence-corrected chi connectivity index (χ0v) is 20.7. The zero-order valence-electron chi connectivity index (χ0n) is 20.7. The van der Waals surface area contributed by atoms with Gasteiger partial charge in [-0.15, -0.1) is 0 Å². The first-order valence-electron chi connectivity index (χ1n) is 12.0. The van der Waals surface area contributed by atoms with E-state index in [0.29, 0.717) is 30.8 Å². The molecule has 0 saturated heterocycles. The molecular weight excluding hydrogens is 464 g/mol. The summed E-state index contributed by atoms with van der Waals surface area (Å²) in [7, 11) is 1.93. The van der Waals surface area contributed by atoms with Gasteiger partial charge in [-0.2, -0.15) is 0 Å². The second-order valence-corrected chi connectivity index (χ2v) is 9.54. The summed E-state index contributed by atoms with van der Waals surface area (Å²) in [5, 5.41) is 9.84. The maximum atomic E-state index is 13.8. The largest absolute Gasteiger partial charge is 0.472 e. The van der Waals surface area contributed by atoms with Crippen LogP contribution >= 0.6 is 0 Å². The highest BCUT2D eigenvalue weighted by atomic mass is 19.1. The second-order valence-electron chi connectivity index (χ2n) is 9.54. The molecule has 1 amide bonds. The van der Waals surface area contributed by atoms with E-state index in [2.05, 4.69) is 4.98 Å². The number of fused-ring (bicyclic) bond motifs is 1. The average molecular weight is 496 g/mol. The lowest BCUT2D eigenvalue weighted by Crippen LogP contribution is -2.49. The third kappa shape index (κ3) is 5.88. The summed E-state index contributed by atoms with van der Waals surface area (Å²) in [6, 6.07) is 13.8. The first-order chi connectivity index (χ1) is 17.2. The van der Waals surface area contributed by atoms with E-state index in [1.165, 1.54) is 24.3 Å². The van der Waals surface area contributed by atoms with Gasteiger partial charge in [-0.1, -0.05) is 31.2 Å². The van der Waals surface area contributed by atoms with Gasteiger partial charge in [0.15, 0.2) is 0 Å². The van der Waals surface area contributed by atoms with Gasteiger partial charge in [-0.3, -0.25) is 9.69 Å². The van der Waals surface area contributed by atoms with Gasteiger partial charge in [0.05, 0.1) is 12.6 Å². The van der Waals surface area contributed by atoms with Gasteiger partial charge >= 0.3 is 0 Å². The highest BCUT2D eigenvalue weighted by molar-refractivity contribution is 5.98. The van der Waals surface area contributed by atoms with Crippen LogP contribution in [0.5, 0.6) is 5.88 Å². The van der Waals surface area contributed by atoms with E-state index >= 15 is 0 Å². The highest BCUT2D eigenvalue weighted by Gasteiger charge is 2.34. The molecule has 36 heavy (non-hydrogen) atoms. The van der Waals surface area contributed by atoms with Gasteiger partial charge in [0.2, 0.25) is 5.88 Å². The lowest BCUT2D eigenvalue weighted by molar-refractivity contribution is 0.0325. The number of pyridine rings is 1. The topological polar surface area (TPSA) is 65.9 Å². The molecule has 0 unspecified atom stereocenters. The minimum atomic E-state index is -0.408. The molecule has 190 valence electrons. The van der Waals surface area contributed by atoms with Crippen molar-refractivity contribution in [2.75, 3.05) is 26.7 Å². The Kier molecular flexibility index (Phi) is 7.96. The Bertz CT molecular complexity index is 1220. The molecule has 3 aromatic rings. The van der Waals surface area contributed by atoms with E-state index in [4.69, 9.17) is 4.74 Å². The molecule has 0 saturated carbocycles. The van der Waals surface area contributed by atoms with Crippen LogP contribution in [-0.2, 0) is 6.54 Å². The van der Waals surface area contributed by atoms with Crippen LogP contribution < -0.4 is 4.74 Å². The van der Waals surface area contributed by atoms with Crippen molar-refractivity contribution >= 4 is 5.91 Å². The third-order valence-electron chi connectivity index (χ3n) is 6.51. The van der Waals surface area contributed by atoms with Crippen LogP contribution in [0.1, 0.15) is 29.8 Å². The molecule has 1 aliphatic heterocycles. The fourth-order valence-corrected chi connectivity index (χ4v) is 4.46. The van der Waals surface area contributed by atoms with Gasteiger partial charge in [-0.05, 0) is 55.4 Å². The molecule has 3 atom stereocenters. The van der Waals surface area contributed by atoms with Crippen molar-refractivity contribution < 1.29 is 23.4 Å². The van der Waals surface area contributed by atoms with Crippen LogP contribution in [0.2, 0.25) is 0 Å². The van der Waals surface area contributed by atoms with Gasteiger partial charge < -0.3 is 14.7 Å². The van der Waals surface area contributed by atoms with Crippen LogP contribution in [0.3, 0.4) is 0 Å².